The van der Waals surface area contributed by atoms with Gasteiger partial charge in [0, 0.05) is 30.2 Å². The van der Waals surface area contributed by atoms with Gasteiger partial charge >= 0.3 is 0 Å². The Morgan fingerprint density at radius 2 is 1.76 bits per heavy atom. The van der Waals surface area contributed by atoms with E-state index < -0.39 is 0 Å². The van der Waals surface area contributed by atoms with Crippen LogP contribution in [0.5, 0.6) is 0 Å². The van der Waals surface area contributed by atoms with Crippen LogP contribution in [-0.4, -0.2) is 20.6 Å². The molecule has 1 unspecified atom stereocenters. The Hall–Kier alpha value is -1.91. The van der Waals surface area contributed by atoms with E-state index in [1.165, 1.54) is 38.5 Å². The van der Waals surface area contributed by atoms with E-state index in [0.717, 1.165) is 28.8 Å². The van der Waals surface area contributed by atoms with Gasteiger partial charge in [-0.05, 0) is 80.1 Å². The van der Waals surface area contributed by atoms with Crippen molar-refractivity contribution >= 4 is 17.0 Å². The standard InChI is InChI=1S/C24H34N4O/c1-15(24-10-16-7-17(11-24)9-18(8-16)12-24)26-22-25-13-19-5-6-20(29)28(21(19)27-22)14-23(2,3)4/h5-6,13,15-18H,7-12,14H2,1-4H3,(H,25,26,27). The van der Waals surface area contributed by atoms with Crippen molar-refractivity contribution in [3.8, 4) is 0 Å². The summed E-state index contributed by atoms with van der Waals surface area (Å²) in [4.78, 5) is 22.0. The molecule has 0 spiro atoms. The number of pyridine rings is 1. The first-order valence-corrected chi connectivity index (χ1v) is 11.3. The minimum Gasteiger partial charge on any atom is -0.351 e. The number of nitrogens with one attached hydrogen (secondary N) is 1. The molecule has 2 heterocycles. The highest BCUT2D eigenvalue weighted by Gasteiger charge is 2.53. The number of hydrogen-bond donors (Lipinski definition) is 1. The van der Waals surface area contributed by atoms with Crippen LogP contribution in [0.15, 0.2) is 23.1 Å². The van der Waals surface area contributed by atoms with Crippen LogP contribution >= 0.6 is 0 Å². The van der Waals surface area contributed by atoms with Crippen molar-refractivity contribution in [2.75, 3.05) is 5.32 Å². The fourth-order valence-corrected chi connectivity index (χ4v) is 6.82. The van der Waals surface area contributed by atoms with Gasteiger partial charge in [-0.3, -0.25) is 9.36 Å². The van der Waals surface area contributed by atoms with Gasteiger partial charge in [0.25, 0.3) is 5.56 Å². The summed E-state index contributed by atoms with van der Waals surface area (Å²) in [6.07, 6.45) is 10.3. The first-order valence-electron chi connectivity index (χ1n) is 11.3. The van der Waals surface area contributed by atoms with Crippen molar-refractivity contribution in [3.05, 3.63) is 28.7 Å². The molecule has 1 atom stereocenters. The Morgan fingerprint density at radius 1 is 1.14 bits per heavy atom. The maximum absolute atomic E-state index is 12.6. The molecule has 4 saturated carbocycles. The smallest absolute Gasteiger partial charge is 0.252 e. The van der Waals surface area contributed by atoms with E-state index in [1.54, 1.807) is 10.6 Å². The van der Waals surface area contributed by atoms with Crippen molar-refractivity contribution < 1.29 is 0 Å². The second-order valence-corrected chi connectivity index (χ2v) is 11.4. The van der Waals surface area contributed by atoms with E-state index in [-0.39, 0.29) is 11.0 Å². The molecular weight excluding hydrogens is 360 g/mol. The molecule has 2 aromatic rings. The van der Waals surface area contributed by atoms with Crippen LogP contribution in [0.25, 0.3) is 11.0 Å². The molecule has 4 fully saturated rings. The zero-order chi connectivity index (χ0) is 20.4. The predicted octanol–water partition coefficient (Wildman–Crippen LogP) is 4.85. The SMILES string of the molecule is CC(Nc1ncc2ccc(=O)n(CC(C)(C)C)c2n1)C12CC3CC(CC(C3)C1)C2. The van der Waals surface area contributed by atoms with Crippen LogP contribution in [-0.2, 0) is 6.54 Å². The Labute approximate surface area is 173 Å². The van der Waals surface area contributed by atoms with Gasteiger partial charge in [0.15, 0.2) is 0 Å². The first-order chi connectivity index (χ1) is 13.7. The van der Waals surface area contributed by atoms with E-state index >= 15 is 0 Å². The molecule has 0 amide bonds. The summed E-state index contributed by atoms with van der Waals surface area (Å²) in [6, 6.07) is 3.82. The fraction of sp³-hybridized carbons (Fsp3) is 0.708. The van der Waals surface area contributed by atoms with Crippen LogP contribution in [0.1, 0.15) is 66.2 Å². The highest BCUT2D eigenvalue weighted by atomic mass is 16.1. The normalized spacial score (nSPS) is 31.9. The number of rotatable bonds is 4. The lowest BCUT2D eigenvalue weighted by molar-refractivity contribution is -0.0603. The predicted molar refractivity (Wildman–Crippen MR) is 117 cm³/mol. The van der Waals surface area contributed by atoms with Crippen LogP contribution < -0.4 is 10.9 Å². The van der Waals surface area contributed by atoms with Crippen LogP contribution in [0.3, 0.4) is 0 Å². The van der Waals surface area contributed by atoms with Crippen LogP contribution in [0, 0.1) is 28.6 Å². The van der Waals surface area contributed by atoms with Crippen LogP contribution in [0.4, 0.5) is 5.95 Å². The maximum atomic E-state index is 12.6. The Bertz CT molecular complexity index is 951. The molecule has 156 valence electrons. The molecule has 29 heavy (non-hydrogen) atoms. The summed E-state index contributed by atoms with van der Waals surface area (Å²) in [5, 5.41) is 4.58. The van der Waals surface area contributed by atoms with Gasteiger partial charge in [0.2, 0.25) is 5.95 Å². The van der Waals surface area contributed by atoms with Crippen molar-refractivity contribution in [2.24, 2.45) is 28.6 Å². The number of aromatic nitrogens is 3. The van der Waals surface area contributed by atoms with Gasteiger partial charge < -0.3 is 5.32 Å². The summed E-state index contributed by atoms with van der Waals surface area (Å²) < 4.78 is 1.80. The van der Waals surface area contributed by atoms with E-state index in [1.807, 2.05) is 12.3 Å². The maximum Gasteiger partial charge on any atom is 0.252 e. The molecule has 4 bridgehead atoms. The van der Waals surface area contributed by atoms with Gasteiger partial charge in [0.1, 0.15) is 5.65 Å². The number of hydrogen-bond acceptors (Lipinski definition) is 4. The Kier molecular flexibility index (Phi) is 4.31. The van der Waals surface area contributed by atoms with Gasteiger partial charge in [-0.1, -0.05) is 20.8 Å². The molecule has 0 aliphatic heterocycles. The van der Waals surface area contributed by atoms with Gasteiger partial charge in [-0.15, -0.1) is 0 Å². The average molecular weight is 395 g/mol. The molecule has 0 radical (unpaired) electrons. The first kappa shape index (κ1) is 19.1. The third-order valence-corrected chi connectivity index (χ3v) is 7.71. The average Bonchev–Trinajstić information content (AvgIpc) is 2.62. The molecular formula is C24H34N4O. The summed E-state index contributed by atoms with van der Waals surface area (Å²) in [5.74, 6) is 3.45. The third kappa shape index (κ3) is 3.47. The van der Waals surface area contributed by atoms with E-state index in [4.69, 9.17) is 4.98 Å². The molecule has 1 N–H and O–H groups in total. The molecule has 2 aromatic heterocycles. The topological polar surface area (TPSA) is 59.8 Å². The number of nitrogens with zero attached hydrogens (tertiary/aromatic N) is 3. The van der Waals surface area contributed by atoms with Gasteiger partial charge in [-0.2, -0.15) is 4.98 Å². The van der Waals surface area contributed by atoms with E-state index in [9.17, 15) is 4.79 Å². The fourth-order valence-electron chi connectivity index (χ4n) is 6.82. The van der Waals surface area contributed by atoms with Crippen molar-refractivity contribution in [2.45, 2.75) is 78.8 Å². The summed E-state index contributed by atoms with van der Waals surface area (Å²) in [5.41, 5.74) is 1.15. The van der Waals surface area contributed by atoms with Crippen LogP contribution in [0.2, 0.25) is 0 Å². The third-order valence-electron chi connectivity index (χ3n) is 7.71. The Balaban J connectivity index is 1.45. The van der Waals surface area contributed by atoms with E-state index in [2.05, 4.69) is 38.0 Å². The lowest BCUT2D eigenvalue weighted by atomic mass is 9.48. The van der Waals surface area contributed by atoms with E-state index in [0.29, 0.717) is 23.9 Å². The van der Waals surface area contributed by atoms with Crippen molar-refractivity contribution in [3.63, 3.8) is 0 Å². The monoisotopic (exact) mass is 394 g/mol. The highest BCUT2D eigenvalue weighted by molar-refractivity contribution is 5.75. The lowest BCUT2D eigenvalue weighted by Crippen LogP contribution is -2.53. The highest BCUT2D eigenvalue weighted by Crippen LogP contribution is 2.61. The second kappa shape index (κ2) is 6.55. The second-order valence-electron chi connectivity index (χ2n) is 11.4. The van der Waals surface area contributed by atoms with Gasteiger partial charge in [0.05, 0.1) is 0 Å². The zero-order valence-electron chi connectivity index (χ0n) is 18.2. The number of anilines is 1. The zero-order valence-corrected chi connectivity index (χ0v) is 18.2. The molecule has 0 aromatic carbocycles. The molecule has 0 saturated heterocycles. The molecule has 5 heteroatoms. The van der Waals surface area contributed by atoms with Crippen molar-refractivity contribution in [1.29, 1.82) is 0 Å². The number of fused-ring (bicyclic) bond motifs is 1. The summed E-state index contributed by atoms with van der Waals surface area (Å²) in [6.45, 7) is 9.41. The van der Waals surface area contributed by atoms with Crippen molar-refractivity contribution in [1.82, 2.24) is 14.5 Å². The summed E-state index contributed by atoms with van der Waals surface area (Å²) in [7, 11) is 0. The lowest BCUT2D eigenvalue weighted by Gasteiger charge is -2.59. The minimum absolute atomic E-state index is 0.00312. The largest absolute Gasteiger partial charge is 0.351 e. The quantitative estimate of drug-likeness (QED) is 0.805. The minimum atomic E-state index is 0.00312. The molecule has 6 rings (SSSR count). The molecule has 4 aliphatic carbocycles. The molecule has 4 aliphatic rings. The summed E-state index contributed by atoms with van der Waals surface area (Å²) >= 11 is 0. The van der Waals surface area contributed by atoms with Gasteiger partial charge in [-0.25, -0.2) is 4.98 Å². The Morgan fingerprint density at radius 3 is 2.34 bits per heavy atom. The molecule has 5 nitrogen and oxygen atoms in total.